The lowest BCUT2D eigenvalue weighted by Gasteiger charge is -2.10. The molecule has 0 aromatic carbocycles. The normalized spacial score (nSPS) is 12.1. The smallest absolute Gasteiger partial charge is 0.327 e. The zero-order valence-electron chi connectivity index (χ0n) is 9.50. The molecule has 0 radical (unpaired) electrons. The predicted octanol–water partition coefficient (Wildman–Crippen LogP) is 1.55. The monoisotopic (exact) mass is 264 g/mol. The zero-order valence-corrected chi connectivity index (χ0v) is 10.3. The quantitative estimate of drug-likeness (QED) is 0.786. The lowest BCUT2D eigenvalue weighted by Crippen LogP contribution is -2.15. The Hall–Kier alpha value is -2.13. The van der Waals surface area contributed by atoms with Crippen molar-refractivity contribution in [1.82, 2.24) is 14.6 Å². The molecule has 1 atom stereocenters. The Labute approximate surface area is 108 Å². The van der Waals surface area contributed by atoms with Gasteiger partial charge in [0.2, 0.25) is 0 Å². The number of nitriles is 1. The SMILES string of the molecule is CCOC(=O)C(C#N)c1cc(Cl)nn2cncc12. The van der Waals surface area contributed by atoms with E-state index in [1.54, 1.807) is 6.92 Å². The van der Waals surface area contributed by atoms with Gasteiger partial charge in [0.15, 0.2) is 5.92 Å². The molecule has 0 spiro atoms. The van der Waals surface area contributed by atoms with Crippen molar-refractivity contribution in [3.63, 3.8) is 0 Å². The van der Waals surface area contributed by atoms with Crippen LogP contribution in [0.3, 0.4) is 0 Å². The van der Waals surface area contributed by atoms with Gasteiger partial charge in [0.25, 0.3) is 0 Å². The van der Waals surface area contributed by atoms with E-state index < -0.39 is 11.9 Å². The Kier molecular flexibility index (Phi) is 3.44. The van der Waals surface area contributed by atoms with Crippen molar-refractivity contribution >= 4 is 23.1 Å². The Bertz CT molecular complexity index is 631. The number of imidazole rings is 1. The summed E-state index contributed by atoms with van der Waals surface area (Å²) >= 11 is 5.84. The van der Waals surface area contributed by atoms with Crippen LogP contribution in [0.25, 0.3) is 5.52 Å². The molecular formula is C11H9ClN4O2. The van der Waals surface area contributed by atoms with E-state index in [1.807, 2.05) is 6.07 Å². The summed E-state index contributed by atoms with van der Waals surface area (Å²) in [6.45, 7) is 1.89. The van der Waals surface area contributed by atoms with Gasteiger partial charge in [0, 0.05) is 5.56 Å². The standard InChI is InChI=1S/C11H9ClN4O2/c1-2-18-11(17)8(4-13)7-3-10(12)15-16-6-14-5-9(7)16/h3,5-6,8H,2H2,1H3. The van der Waals surface area contributed by atoms with Crippen LogP contribution in [0.5, 0.6) is 0 Å². The number of rotatable bonds is 3. The van der Waals surface area contributed by atoms with Crippen LogP contribution in [0, 0.1) is 11.3 Å². The molecule has 92 valence electrons. The highest BCUT2D eigenvalue weighted by Gasteiger charge is 2.25. The number of halogens is 1. The summed E-state index contributed by atoms with van der Waals surface area (Å²) in [5.41, 5.74) is 0.993. The second-order valence-corrected chi connectivity index (χ2v) is 3.85. The number of hydrogen-bond donors (Lipinski definition) is 0. The van der Waals surface area contributed by atoms with Crippen LogP contribution in [0.15, 0.2) is 18.6 Å². The van der Waals surface area contributed by atoms with Crippen molar-refractivity contribution in [2.24, 2.45) is 0 Å². The van der Waals surface area contributed by atoms with Crippen LogP contribution in [0.1, 0.15) is 18.4 Å². The molecule has 2 heterocycles. The van der Waals surface area contributed by atoms with Gasteiger partial charge in [0.1, 0.15) is 11.5 Å². The van der Waals surface area contributed by atoms with Gasteiger partial charge in [-0.2, -0.15) is 10.4 Å². The molecule has 0 saturated heterocycles. The Morgan fingerprint density at radius 3 is 3.17 bits per heavy atom. The average Bonchev–Trinajstić information content (AvgIpc) is 2.78. The third kappa shape index (κ3) is 2.13. The molecule has 0 fully saturated rings. The maximum Gasteiger partial charge on any atom is 0.327 e. The minimum atomic E-state index is -1.04. The highest BCUT2D eigenvalue weighted by molar-refractivity contribution is 6.29. The largest absolute Gasteiger partial charge is 0.465 e. The van der Waals surface area contributed by atoms with E-state index >= 15 is 0 Å². The van der Waals surface area contributed by atoms with Gasteiger partial charge >= 0.3 is 5.97 Å². The molecule has 7 heteroatoms. The maximum absolute atomic E-state index is 11.7. The lowest BCUT2D eigenvalue weighted by molar-refractivity contribution is -0.143. The molecular weight excluding hydrogens is 256 g/mol. The fraction of sp³-hybridized carbons (Fsp3) is 0.273. The molecule has 0 bridgehead atoms. The average molecular weight is 265 g/mol. The zero-order chi connectivity index (χ0) is 13.1. The first kappa shape index (κ1) is 12.3. The van der Waals surface area contributed by atoms with E-state index in [4.69, 9.17) is 21.6 Å². The topological polar surface area (TPSA) is 80.3 Å². The maximum atomic E-state index is 11.7. The van der Waals surface area contributed by atoms with E-state index in [2.05, 4.69) is 10.1 Å². The van der Waals surface area contributed by atoms with Crippen molar-refractivity contribution in [2.75, 3.05) is 6.61 Å². The first-order chi connectivity index (χ1) is 8.67. The minimum absolute atomic E-state index is 0.181. The lowest BCUT2D eigenvalue weighted by atomic mass is 10.0. The number of aromatic nitrogens is 3. The van der Waals surface area contributed by atoms with Gasteiger partial charge in [-0.25, -0.2) is 9.50 Å². The van der Waals surface area contributed by atoms with E-state index in [0.717, 1.165) is 0 Å². The number of carbonyl (C=O) groups excluding carboxylic acids is 1. The molecule has 0 N–H and O–H groups in total. The number of fused-ring (bicyclic) bond motifs is 1. The van der Waals surface area contributed by atoms with Crippen molar-refractivity contribution in [2.45, 2.75) is 12.8 Å². The molecule has 2 aromatic heterocycles. The first-order valence-electron chi connectivity index (χ1n) is 5.22. The summed E-state index contributed by atoms with van der Waals surface area (Å²) in [6, 6.07) is 3.39. The Balaban J connectivity index is 2.54. The van der Waals surface area contributed by atoms with Crippen LogP contribution >= 0.6 is 11.6 Å². The third-order valence-electron chi connectivity index (χ3n) is 2.36. The molecule has 18 heavy (non-hydrogen) atoms. The molecule has 6 nitrogen and oxygen atoms in total. The van der Waals surface area contributed by atoms with Crippen molar-refractivity contribution < 1.29 is 9.53 Å². The van der Waals surface area contributed by atoms with Gasteiger partial charge in [-0.05, 0) is 13.0 Å². The Morgan fingerprint density at radius 1 is 1.72 bits per heavy atom. The highest BCUT2D eigenvalue weighted by atomic mass is 35.5. The first-order valence-corrected chi connectivity index (χ1v) is 5.60. The number of ether oxygens (including phenoxy) is 1. The third-order valence-corrected chi connectivity index (χ3v) is 2.54. The molecule has 2 aromatic rings. The molecule has 0 saturated carbocycles. The summed E-state index contributed by atoms with van der Waals surface area (Å²) in [5, 5.41) is 13.3. The number of hydrogen-bond acceptors (Lipinski definition) is 5. The van der Waals surface area contributed by atoms with Gasteiger partial charge in [-0.1, -0.05) is 11.6 Å². The minimum Gasteiger partial charge on any atom is -0.465 e. The fourth-order valence-electron chi connectivity index (χ4n) is 1.61. The Morgan fingerprint density at radius 2 is 2.50 bits per heavy atom. The van der Waals surface area contributed by atoms with Gasteiger partial charge in [0.05, 0.1) is 24.4 Å². The van der Waals surface area contributed by atoms with Crippen molar-refractivity contribution in [1.29, 1.82) is 5.26 Å². The molecule has 0 amide bonds. The highest BCUT2D eigenvalue weighted by Crippen LogP contribution is 2.24. The van der Waals surface area contributed by atoms with Crippen molar-refractivity contribution in [3.8, 4) is 6.07 Å². The number of nitrogens with zero attached hydrogens (tertiary/aromatic N) is 4. The summed E-state index contributed by atoms with van der Waals surface area (Å²) in [6.07, 6.45) is 2.96. The fourth-order valence-corrected chi connectivity index (χ4v) is 1.81. The summed E-state index contributed by atoms with van der Waals surface area (Å²) < 4.78 is 6.28. The van der Waals surface area contributed by atoms with Crippen LogP contribution in [-0.4, -0.2) is 27.2 Å². The predicted molar refractivity (Wildman–Crippen MR) is 63.0 cm³/mol. The second-order valence-electron chi connectivity index (χ2n) is 3.46. The van der Waals surface area contributed by atoms with Crippen LogP contribution in [-0.2, 0) is 9.53 Å². The van der Waals surface area contributed by atoms with E-state index in [-0.39, 0.29) is 11.8 Å². The van der Waals surface area contributed by atoms with Crippen LogP contribution in [0.2, 0.25) is 5.15 Å². The molecule has 0 aliphatic rings. The summed E-state index contributed by atoms with van der Waals surface area (Å²) in [4.78, 5) is 15.6. The van der Waals surface area contributed by atoms with Gasteiger partial charge < -0.3 is 4.74 Å². The molecule has 0 aliphatic carbocycles. The summed E-state index contributed by atoms with van der Waals surface area (Å²) in [7, 11) is 0. The number of esters is 1. The molecule has 2 rings (SSSR count). The molecule has 1 unspecified atom stereocenters. The number of carbonyl (C=O) groups is 1. The van der Waals surface area contributed by atoms with E-state index in [0.29, 0.717) is 11.1 Å². The van der Waals surface area contributed by atoms with Crippen LogP contribution < -0.4 is 0 Å². The van der Waals surface area contributed by atoms with E-state index in [9.17, 15) is 4.79 Å². The van der Waals surface area contributed by atoms with E-state index in [1.165, 1.54) is 23.1 Å². The molecule has 0 aliphatic heterocycles. The van der Waals surface area contributed by atoms with Gasteiger partial charge in [-0.3, -0.25) is 4.79 Å². The second kappa shape index (κ2) is 5.02. The van der Waals surface area contributed by atoms with Crippen LogP contribution in [0.4, 0.5) is 0 Å². The van der Waals surface area contributed by atoms with Crippen molar-refractivity contribution in [3.05, 3.63) is 29.3 Å². The van der Waals surface area contributed by atoms with Gasteiger partial charge in [-0.15, -0.1) is 0 Å². The summed E-state index contributed by atoms with van der Waals surface area (Å²) in [5.74, 6) is -1.64.